The van der Waals surface area contributed by atoms with Gasteiger partial charge in [-0.3, -0.25) is 0 Å². The summed E-state index contributed by atoms with van der Waals surface area (Å²) >= 11 is 0. The lowest BCUT2D eigenvalue weighted by atomic mass is 9.89. The predicted molar refractivity (Wildman–Crippen MR) is 85.3 cm³/mol. The van der Waals surface area contributed by atoms with E-state index in [1.54, 1.807) is 0 Å². The average Bonchev–Trinajstić information content (AvgIpc) is 2.44. The van der Waals surface area contributed by atoms with E-state index in [0.29, 0.717) is 5.92 Å². The second-order valence-electron chi connectivity index (χ2n) is 6.22. The summed E-state index contributed by atoms with van der Waals surface area (Å²) < 4.78 is 0. The molecule has 2 aromatic carbocycles. The highest BCUT2D eigenvalue weighted by Crippen LogP contribution is 2.24. The maximum Gasteiger partial charge on any atom is 0.00474 e. The van der Waals surface area contributed by atoms with Crippen molar-refractivity contribution < 1.29 is 0 Å². The van der Waals surface area contributed by atoms with Crippen molar-refractivity contribution in [1.82, 2.24) is 4.90 Å². The molecule has 4 bridgehead atoms. The minimum absolute atomic E-state index is 0.573. The van der Waals surface area contributed by atoms with Crippen LogP contribution in [0.25, 0.3) is 0 Å². The SMILES string of the molecule is CN(C)CC1Cc2ccc(cc2)CCc2ccc1cc2. The molecule has 1 heteroatoms. The molecule has 0 aliphatic heterocycles. The Morgan fingerprint density at radius 2 is 1.30 bits per heavy atom. The number of likely N-dealkylation sites (N-methyl/N-ethyl adjacent to an activating group) is 1. The molecule has 20 heavy (non-hydrogen) atoms. The van der Waals surface area contributed by atoms with Gasteiger partial charge in [-0.15, -0.1) is 0 Å². The minimum atomic E-state index is 0.573. The van der Waals surface area contributed by atoms with Crippen LogP contribution in [-0.4, -0.2) is 25.5 Å². The number of hydrogen-bond acceptors (Lipinski definition) is 1. The second kappa shape index (κ2) is 5.80. The maximum atomic E-state index is 2.33. The van der Waals surface area contributed by atoms with E-state index in [1.807, 2.05) is 0 Å². The molecule has 2 aromatic rings. The summed E-state index contributed by atoms with van der Waals surface area (Å²) in [6.07, 6.45) is 3.40. The summed E-state index contributed by atoms with van der Waals surface area (Å²) in [5.41, 5.74) is 5.81. The van der Waals surface area contributed by atoms with Crippen LogP contribution in [0.1, 0.15) is 28.2 Å². The molecule has 0 N–H and O–H groups in total. The Kier molecular flexibility index (Phi) is 3.88. The van der Waals surface area contributed by atoms with Crippen molar-refractivity contribution in [3.8, 4) is 0 Å². The fraction of sp³-hybridized carbons (Fsp3) is 0.368. The van der Waals surface area contributed by atoms with E-state index in [-0.39, 0.29) is 0 Å². The summed E-state index contributed by atoms with van der Waals surface area (Å²) in [5.74, 6) is 0.573. The lowest BCUT2D eigenvalue weighted by molar-refractivity contribution is 0.371. The van der Waals surface area contributed by atoms with Crippen LogP contribution in [0.5, 0.6) is 0 Å². The van der Waals surface area contributed by atoms with Crippen LogP contribution in [0.15, 0.2) is 48.5 Å². The molecule has 0 saturated heterocycles. The Morgan fingerprint density at radius 3 is 1.85 bits per heavy atom. The van der Waals surface area contributed by atoms with Crippen LogP contribution in [0.3, 0.4) is 0 Å². The number of aryl methyl sites for hydroxylation is 2. The van der Waals surface area contributed by atoms with E-state index in [0.717, 1.165) is 25.8 Å². The van der Waals surface area contributed by atoms with Gasteiger partial charge in [-0.25, -0.2) is 0 Å². The molecule has 6 rings (SSSR count). The highest BCUT2D eigenvalue weighted by atomic mass is 15.1. The highest BCUT2D eigenvalue weighted by molar-refractivity contribution is 5.31. The van der Waals surface area contributed by atoms with Crippen LogP contribution < -0.4 is 0 Å². The zero-order valence-electron chi connectivity index (χ0n) is 12.5. The van der Waals surface area contributed by atoms with Crippen molar-refractivity contribution in [1.29, 1.82) is 0 Å². The minimum Gasteiger partial charge on any atom is -0.309 e. The Bertz CT molecular complexity index is 551. The van der Waals surface area contributed by atoms with Gasteiger partial charge in [0.15, 0.2) is 0 Å². The Morgan fingerprint density at radius 1 is 0.800 bits per heavy atom. The average molecular weight is 265 g/mol. The summed E-state index contributed by atoms with van der Waals surface area (Å²) in [6, 6.07) is 18.5. The molecule has 0 aromatic heterocycles. The van der Waals surface area contributed by atoms with Gasteiger partial charge in [0, 0.05) is 12.5 Å². The molecular weight excluding hydrogens is 242 g/mol. The highest BCUT2D eigenvalue weighted by Gasteiger charge is 2.14. The Balaban J connectivity index is 1.97. The van der Waals surface area contributed by atoms with E-state index in [9.17, 15) is 0 Å². The van der Waals surface area contributed by atoms with Gasteiger partial charge in [-0.2, -0.15) is 0 Å². The first-order valence-corrected chi connectivity index (χ1v) is 7.52. The molecule has 0 fully saturated rings. The van der Waals surface area contributed by atoms with Crippen LogP contribution in [0.2, 0.25) is 0 Å². The van der Waals surface area contributed by atoms with Crippen molar-refractivity contribution in [3.05, 3.63) is 70.8 Å². The molecule has 104 valence electrons. The molecule has 4 aliphatic rings. The van der Waals surface area contributed by atoms with Gasteiger partial charge in [-0.05, 0) is 55.6 Å². The summed E-state index contributed by atoms with van der Waals surface area (Å²) in [7, 11) is 4.32. The van der Waals surface area contributed by atoms with E-state index in [4.69, 9.17) is 0 Å². The normalized spacial score (nSPS) is 18.1. The van der Waals surface area contributed by atoms with E-state index >= 15 is 0 Å². The topological polar surface area (TPSA) is 3.24 Å². The van der Waals surface area contributed by atoms with Gasteiger partial charge >= 0.3 is 0 Å². The quantitative estimate of drug-likeness (QED) is 0.801. The molecule has 4 aliphatic carbocycles. The predicted octanol–water partition coefficient (Wildman–Crippen LogP) is 3.67. The molecule has 0 spiro atoms. The standard InChI is InChI=1S/C19H23N/c1-20(2)14-19-13-17-7-5-15(6-8-17)3-4-16-9-11-18(19)12-10-16/h5-12,19H,3-4,13-14H2,1-2H3. The number of hydrogen-bond donors (Lipinski definition) is 0. The van der Waals surface area contributed by atoms with E-state index in [2.05, 4.69) is 67.5 Å². The Labute approximate surface area is 122 Å². The van der Waals surface area contributed by atoms with Gasteiger partial charge in [0.2, 0.25) is 0 Å². The van der Waals surface area contributed by atoms with Gasteiger partial charge in [0.25, 0.3) is 0 Å². The number of nitrogens with zero attached hydrogens (tertiary/aromatic N) is 1. The Hall–Kier alpha value is -1.60. The maximum absolute atomic E-state index is 2.33. The lowest BCUT2D eigenvalue weighted by Crippen LogP contribution is -2.22. The third kappa shape index (κ3) is 3.10. The molecule has 0 radical (unpaired) electrons. The molecule has 0 saturated carbocycles. The fourth-order valence-electron chi connectivity index (χ4n) is 3.10. The summed E-state index contributed by atoms with van der Waals surface area (Å²) in [6.45, 7) is 1.10. The first-order chi connectivity index (χ1) is 9.70. The molecular formula is C19H23N. The largest absolute Gasteiger partial charge is 0.309 e. The summed E-state index contributed by atoms with van der Waals surface area (Å²) in [4.78, 5) is 2.29. The van der Waals surface area contributed by atoms with Gasteiger partial charge in [0.05, 0.1) is 0 Å². The van der Waals surface area contributed by atoms with Gasteiger partial charge < -0.3 is 4.90 Å². The molecule has 0 amide bonds. The van der Waals surface area contributed by atoms with Crippen LogP contribution in [0.4, 0.5) is 0 Å². The van der Waals surface area contributed by atoms with Crippen LogP contribution in [0, 0.1) is 0 Å². The van der Waals surface area contributed by atoms with Gasteiger partial charge in [-0.1, -0.05) is 48.5 Å². The van der Waals surface area contributed by atoms with Crippen molar-refractivity contribution >= 4 is 0 Å². The monoisotopic (exact) mass is 265 g/mol. The van der Waals surface area contributed by atoms with Crippen molar-refractivity contribution in [2.24, 2.45) is 0 Å². The van der Waals surface area contributed by atoms with Crippen molar-refractivity contribution in [3.63, 3.8) is 0 Å². The van der Waals surface area contributed by atoms with E-state index < -0.39 is 0 Å². The van der Waals surface area contributed by atoms with Crippen LogP contribution >= 0.6 is 0 Å². The third-order valence-electron chi connectivity index (χ3n) is 4.24. The molecule has 1 atom stereocenters. The lowest BCUT2D eigenvalue weighted by Gasteiger charge is -2.22. The number of rotatable bonds is 2. The first-order valence-electron chi connectivity index (χ1n) is 7.52. The third-order valence-corrected chi connectivity index (χ3v) is 4.24. The first kappa shape index (κ1) is 13.4. The fourth-order valence-corrected chi connectivity index (χ4v) is 3.10. The van der Waals surface area contributed by atoms with Gasteiger partial charge in [0.1, 0.15) is 0 Å². The van der Waals surface area contributed by atoms with Crippen LogP contribution in [-0.2, 0) is 19.3 Å². The second-order valence-corrected chi connectivity index (χ2v) is 6.22. The zero-order chi connectivity index (χ0) is 13.9. The van der Waals surface area contributed by atoms with E-state index in [1.165, 1.54) is 22.3 Å². The molecule has 1 nitrogen and oxygen atoms in total. The summed E-state index contributed by atoms with van der Waals surface area (Å²) in [5, 5.41) is 0. The zero-order valence-corrected chi connectivity index (χ0v) is 12.5. The number of benzene rings is 2. The molecule has 0 heterocycles. The smallest absolute Gasteiger partial charge is 0.00474 e. The van der Waals surface area contributed by atoms with Crippen molar-refractivity contribution in [2.45, 2.75) is 25.2 Å². The van der Waals surface area contributed by atoms with Crippen molar-refractivity contribution in [2.75, 3.05) is 20.6 Å². The molecule has 1 unspecified atom stereocenters.